The Morgan fingerprint density at radius 2 is 2.29 bits per heavy atom. The van der Waals surface area contributed by atoms with E-state index in [0.717, 1.165) is 39.3 Å². The number of nitrogens with one attached hydrogen (secondary N) is 1. The summed E-state index contributed by atoms with van der Waals surface area (Å²) in [5.41, 5.74) is 0. The number of carbonyl (C=O) groups is 1. The van der Waals surface area contributed by atoms with Gasteiger partial charge in [-0.1, -0.05) is 6.92 Å². The first-order valence-electron chi connectivity index (χ1n) is 6.76. The third kappa shape index (κ3) is 5.04. The smallest absolute Gasteiger partial charge is 0.224 e. The maximum atomic E-state index is 12.1. The van der Waals surface area contributed by atoms with Crippen LogP contribution in [0, 0.1) is 5.92 Å². The highest BCUT2D eigenvalue weighted by Crippen LogP contribution is 2.14. The van der Waals surface area contributed by atoms with E-state index in [4.69, 9.17) is 4.74 Å². The fraction of sp³-hybridized carbons (Fsp3) is 0.923. The minimum atomic E-state index is 0.257. The van der Waals surface area contributed by atoms with E-state index in [9.17, 15) is 4.79 Å². The average Bonchev–Trinajstić information content (AvgIpc) is 2.78. The maximum absolute atomic E-state index is 12.1. The lowest BCUT2D eigenvalue weighted by molar-refractivity contribution is -0.132. The van der Waals surface area contributed by atoms with Crippen LogP contribution in [0.4, 0.5) is 0 Å². The van der Waals surface area contributed by atoms with Gasteiger partial charge in [-0.3, -0.25) is 4.79 Å². The molecule has 0 aromatic carbocycles. The summed E-state index contributed by atoms with van der Waals surface area (Å²) in [6, 6.07) is 0.265. The zero-order valence-electron chi connectivity index (χ0n) is 11.4. The van der Waals surface area contributed by atoms with E-state index in [0.29, 0.717) is 12.3 Å². The summed E-state index contributed by atoms with van der Waals surface area (Å²) in [6.45, 7) is 10.4. The summed E-state index contributed by atoms with van der Waals surface area (Å²) >= 11 is 0. The molecule has 0 aromatic heterocycles. The standard InChI is InChI=1S/C13H26N2O2/c1-4-14-11(3)8-13(16)15(5-2)9-12-6-7-17-10-12/h11-12,14H,4-10H2,1-3H3. The van der Waals surface area contributed by atoms with Crippen LogP contribution in [-0.4, -0.2) is 49.7 Å². The van der Waals surface area contributed by atoms with Crippen molar-refractivity contribution >= 4 is 5.91 Å². The summed E-state index contributed by atoms with van der Waals surface area (Å²) < 4.78 is 5.35. The number of hydrogen-bond acceptors (Lipinski definition) is 3. The van der Waals surface area contributed by atoms with E-state index >= 15 is 0 Å². The average molecular weight is 242 g/mol. The first kappa shape index (κ1) is 14.5. The largest absolute Gasteiger partial charge is 0.381 e. The van der Waals surface area contributed by atoms with E-state index in [1.807, 2.05) is 11.8 Å². The molecule has 1 amide bonds. The van der Waals surface area contributed by atoms with Gasteiger partial charge in [0.05, 0.1) is 6.61 Å². The molecule has 0 bridgehead atoms. The predicted molar refractivity (Wildman–Crippen MR) is 68.9 cm³/mol. The summed E-state index contributed by atoms with van der Waals surface area (Å²) in [6.07, 6.45) is 1.68. The van der Waals surface area contributed by atoms with Crippen LogP contribution in [0.1, 0.15) is 33.6 Å². The first-order chi connectivity index (χ1) is 8.17. The molecular formula is C13H26N2O2. The monoisotopic (exact) mass is 242 g/mol. The molecule has 1 N–H and O–H groups in total. The van der Waals surface area contributed by atoms with Crippen molar-refractivity contribution < 1.29 is 9.53 Å². The highest BCUT2D eigenvalue weighted by Gasteiger charge is 2.22. The number of amides is 1. The molecule has 1 heterocycles. The molecule has 1 saturated heterocycles. The molecule has 0 radical (unpaired) electrons. The van der Waals surface area contributed by atoms with Gasteiger partial charge in [0.2, 0.25) is 5.91 Å². The third-order valence-corrected chi connectivity index (χ3v) is 3.27. The molecule has 1 aliphatic rings. The Kier molecular flexibility index (Phi) is 6.52. The number of carbonyl (C=O) groups excluding carboxylic acids is 1. The first-order valence-corrected chi connectivity index (χ1v) is 6.76. The zero-order valence-corrected chi connectivity index (χ0v) is 11.4. The zero-order chi connectivity index (χ0) is 12.7. The number of nitrogens with zero attached hydrogens (tertiary/aromatic N) is 1. The Hall–Kier alpha value is -0.610. The van der Waals surface area contributed by atoms with Gasteiger partial charge in [-0.25, -0.2) is 0 Å². The van der Waals surface area contributed by atoms with Crippen molar-refractivity contribution in [1.82, 2.24) is 10.2 Å². The minimum Gasteiger partial charge on any atom is -0.381 e. The number of hydrogen-bond donors (Lipinski definition) is 1. The van der Waals surface area contributed by atoms with E-state index < -0.39 is 0 Å². The normalized spacial score (nSPS) is 21.5. The second-order valence-electron chi connectivity index (χ2n) is 4.82. The van der Waals surface area contributed by atoms with Gasteiger partial charge in [-0.05, 0) is 26.8 Å². The van der Waals surface area contributed by atoms with Crippen molar-refractivity contribution in [3.05, 3.63) is 0 Å². The van der Waals surface area contributed by atoms with Crippen LogP contribution in [0.25, 0.3) is 0 Å². The molecule has 4 heteroatoms. The van der Waals surface area contributed by atoms with Crippen LogP contribution in [0.2, 0.25) is 0 Å². The lowest BCUT2D eigenvalue weighted by atomic mass is 10.1. The van der Waals surface area contributed by atoms with E-state index in [2.05, 4.69) is 19.2 Å². The van der Waals surface area contributed by atoms with Gasteiger partial charge in [-0.15, -0.1) is 0 Å². The molecule has 0 aromatic rings. The Morgan fingerprint density at radius 1 is 1.53 bits per heavy atom. The lowest BCUT2D eigenvalue weighted by Gasteiger charge is -2.25. The number of ether oxygens (including phenoxy) is 1. The van der Waals surface area contributed by atoms with Gasteiger partial charge >= 0.3 is 0 Å². The molecule has 0 aliphatic carbocycles. The summed E-state index contributed by atoms with van der Waals surface area (Å²) in [7, 11) is 0. The van der Waals surface area contributed by atoms with Gasteiger partial charge in [0.25, 0.3) is 0 Å². The Bertz CT molecular complexity index is 227. The van der Waals surface area contributed by atoms with Gasteiger partial charge in [-0.2, -0.15) is 0 Å². The topological polar surface area (TPSA) is 41.6 Å². The Morgan fingerprint density at radius 3 is 2.82 bits per heavy atom. The van der Waals surface area contributed by atoms with E-state index in [1.165, 1.54) is 0 Å². The van der Waals surface area contributed by atoms with Gasteiger partial charge in [0.15, 0.2) is 0 Å². The van der Waals surface area contributed by atoms with Crippen molar-refractivity contribution in [2.75, 3.05) is 32.8 Å². The predicted octanol–water partition coefficient (Wildman–Crippen LogP) is 1.26. The molecule has 2 unspecified atom stereocenters. The molecule has 2 atom stereocenters. The Labute approximate surface area is 105 Å². The summed E-state index contributed by atoms with van der Waals surface area (Å²) in [5, 5.41) is 3.28. The fourth-order valence-corrected chi connectivity index (χ4v) is 2.26. The van der Waals surface area contributed by atoms with Crippen LogP contribution >= 0.6 is 0 Å². The van der Waals surface area contributed by atoms with Crippen molar-refractivity contribution in [1.29, 1.82) is 0 Å². The minimum absolute atomic E-state index is 0.257. The molecule has 17 heavy (non-hydrogen) atoms. The van der Waals surface area contributed by atoms with Crippen molar-refractivity contribution in [3.8, 4) is 0 Å². The third-order valence-electron chi connectivity index (χ3n) is 3.27. The summed E-state index contributed by atoms with van der Waals surface area (Å²) in [4.78, 5) is 14.1. The van der Waals surface area contributed by atoms with Crippen molar-refractivity contribution in [2.24, 2.45) is 5.92 Å². The highest BCUT2D eigenvalue weighted by atomic mass is 16.5. The molecule has 1 fully saturated rings. The van der Waals surface area contributed by atoms with Crippen LogP contribution in [0.5, 0.6) is 0 Å². The Balaban J connectivity index is 2.34. The van der Waals surface area contributed by atoms with Crippen LogP contribution in [0.3, 0.4) is 0 Å². The van der Waals surface area contributed by atoms with Crippen molar-refractivity contribution in [2.45, 2.75) is 39.7 Å². The SMILES string of the molecule is CCNC(C)CC(=O)N(CC)CC1CCOC1. The quantitative estimate of drug-likeness (QED) is 0.731. The lowest BCUT2D eigenvalue weighted by Crippen LogP contribution is -2.39. The van der Waals surface area contributed by atoms with Gasteiger partial charge in [0, 0.05) is 38.1 Å². The second-order valence-corrected chi connectivity index (χ2v) is 4.82. The van der Waals surface area contributed by atoms with E-state index in [-0.39, 0.29) is 11.9 Å². The van der Waals surface area contributed by atoms with Crippen LogP contribution in [0.15, 0.2) is 0 Å². The second kappa shape index (κ2) is 7.67. The molecule has 0 spiro atoms. The van der Waals surface area contributed by atoms with Crippen molar-refractivity contribution in [3.63, 3.8) is 0 Å². The van der Waals surface area contributed by atoms with Crippen LogP contribution in [-0.2, 0) is 9.53 Å². The fourth-order valence-electron chi connectivity index (χ4n) is 2.26. The van der Waals surface area contributed by atoms with Gasteiger partial charge in [0.1, 0.15) is 0 Å². The molecule has 100 valence electrons. The maximum Gasteiger partial charge on any atom is 0.224 e. The van der Waals surface area contributed by atoms with Gasteiger partial charge < -0.3 is 15.0 Å². The molecular weight excluding hydrogens is 216 g/mol. The molecule has 4 nitrogen and oxygen atoms in total. The molecule has 0 saturated carbocycles. The molecule has 1 aliphatic heterocycles. The highest BCUT2D eigenvalue weighted by molar-refractivity contribution is 5.76. The van der Waals surface area contributed by atoms with Crippen LogP contribution < -0.4 is 5.32 Å². The molecule has 1 rings (SSSR count). The van der Waals surface area contributed by atoms with E-state index in [1.54, 1.807) is 0 Å². The number of rotatable bonds is 7. The summed E-state index contributed by atoms with van der Waals surface area (Å²) in [5.74, 6) is 0.793.